The number of benzene rings is 3. The Morgan fingerprint density at radius 1 is 1.00 bits per heavy atom. The van der Waals surface area contributed by atoms with Crippen molar-refractivity contribution in [2.75, 3.05) is 0 Å². The highest BCUT2D eigenvalue weighted by molar-refractivity contribution is 5.85. The smallest absolute Gasteiger partial charge is 0.165 e. The number of phenolic OH excluding ortho intramolecular Hbond substituents is 1. The Balaban J connectivity index is 0.000000791. The molecule has 1 N–H and O–H groups in total. The lowest BCUT2D eigenvalue weighted by Crippen LogP contribution is -2.01. The summed E-state index contributed by atoms with van der Waals surface area (Å²) in [6.45, 7) is 14.2. The first-order valence-electron chi connectivity index (χ1n) is 13.2. The lowest BCUT2D eigenvalue weighted by atomic mass is 10.0. The van der Waals surface area contributed by atoms with E-state index in [1.54, 1.807) is 18.2 Å². The molecule has 3 aromatic carbocycles. The van der Waals surface area contributed by atoms with Gasteiger partial charge in [-0.3, -0.25) is 0 Å². The average molecular weight is 516 g/mol. The second-order valence-electron chi connectivity index (χ2n) is 8.28. The highest BCUT2D eigenvalue weighted by Gasteiger charge is 2.36. The number of nitrogens with zero attached hydrogens (tertiary/aromatic N) is 1. The molecule has 1 aliphatic carbocycles. The summed E-state index contributed by atoms with van der Waals surface area (Å²) in [6.07, 6.45) is 2.59. The molecule has 0 amide bonds. The molecule has 200 valence electrons. The first kappa shape index (κ1) is 30.2. The zero-order chi connectivity index (χ0) is 28.1. The zero-order valence-corrected chi connectivity index (χ0v) is 22.8. The van der Waals surface area contributed by atoms with Crippen molar-refractivity contribution in [3.8, 4) is 22.8 Å². The molecule has 4 aromatic rings. The Labute approximate surface area is 225 Å². The molecule has 1 fully saturated rings. The predicted molar refractivity (Wildman–Crippen MR) is 155 cm³/mol. The number of aromatic nitrogens is 1. The number of aromatic hydroxyl groups is 1. The fraction of sp³-hybridized carbons (Fsp3) is 0.273. The van der Waals surface area contributed by atoms with Crippen LogP contribution in [0.15, 0.2) is 86.0 Å². The standard InChI is InChI=1S/C27H22FNO3.2C2H6.C2H4/c28-24-12-17(11-19-13-20(19)15-30)5-10-27(24)32-16-21-14-26(18-6-8-22(31)9-7-18)29-25-4-2-1-3-23(21)25;3*1-2/h1-10,12,14-15,19-20,31H,11,13,16H2;2*1-2H3;1-2H2. The van der Waals surface area contributed by atoms with Crippen molar-refractivity contribution in [2.24, 2.45) is 11.8 Å². The number of fused-ring (bicyclic) bond motifs is 1. The summed E-state index contributed by atoms with van der Waals surface area (Å²) in [4.78, 5) is 15.6. The number of halogens is 1. The molecular weight excluding hydrogens is 477 g/mol. The lowest BCUT2D eigenvalue weighted by Gasteiger charge is -2.13. The number of carbonyl (C=O) groups is 1. The van der Waals surface area contributed by atoms with Crippen LogP contribution in [0.1, 0.15) is 45.2 Å². The second-order valence-corrected chi connectivity index (χ2v) is 8.28. The van der Waals surface area contributed by atoms with E-state index in [2.05, 4.69) is 13.2 Å². The van der Waals surface area contributed by atoms with E-state index in [-0.39, 0.29) is 24.0 Å². The van der Waals surface area contributed by atoms with Gasteiger partial charge in [-0.2, -0.15) is 0 Å². The Kier molecular flexibility index (Phi) is 12.2. The molecule has 38 heavy (non-hydrogen) atoms. The first-order chi connectivity index (χ1) is 18.6. The minimum absolute atomic E-state index is 0.122. The number of para-hydroxylation sites is 1. The van der Waals surface area contributed by atoms with Gasteiger partial charge in [0.15, 0.2) is 11.6 Å². The summed E-state index contributed by atoms with van der Waals surface area (Å²) in [6, 6.07) is 21.6. The third-order valence-electron chi connectivity index (χ3n) is 5.99. The number of hydrogen-bond acceptors (Lipinski definition) is 4. The molecule has 1 heterocycles. The Morgan fingerprint density at radius 3 is 2.32 bits per heavy atom. The summed E-state index contributed by atoms with van der Waals surface area (Å²) >= 11 is 0. The maximum absolute atomic E-state index is 14.7. The van der Waals surface area contributed by atoms with Gasteiger partial charge in [-0.15, -0.1) is 13.2 Å². The van der Waals surface area contributed by atoms with Gasteiger partial charge in [-0.25, -0.2) is 9.37 Å². The van der Waals surface area contributed by atoms with Crippen molar-refractivity contribution < 1.29 is 19.0 Å². The van der Waals surface area contributed by atoms with Gasteiger partial charge in [0.1, 0.15) is 18.6 Å². The molecule has 2 atom stereocenters. The van der Waals surface area contributed by atoms with Crippen LogP contribution in [0.2, 0.25) is 0 Å². The van der Waals surface area contributed by atoms with E-state index in [0.717, 1.165) is 46.0 Å². The van der Waals surface area contributed by atoms with Gasteiger partial charge >= 0.3 is 0 Å². The minimum Gasteiger partial charge on any atom is -0.508 e. The maximum atomic E-state index is 14.7. The number of ether oxygens (including phenoxy) is 1. The number of aldehydes is 1. The molecule has 0 aliphatic heterocycles. The number of hydrogen-bond donors (Lipinski definition) is 1. The third kappa shape index (κ3) is 7.75. The van der Waals surface area contributed by atoms with E-state index >= 15 is 0 Å². The molecular formula is C33H38FNO3. The molecule has 0 radical (unpaired) electrons. The first-order valence-corrected chi connectivity index (χ1v) is 13.2. The predicted octanol–water partition coefficient (Wildman–Crippen LogP) is 8.56. The molecule has 4 nitrogen and oxygen atoms in total. The molecule has 0 spiro atoms. The Morgan fingerprint density at radius 2 is 1.68 bits per heavy atom. The van der Waals surface area contributed by atoms with Crippen LogP contribution in [0.4, 0.5) is 4.39 Å². The molecule has 5 heteroatoms. The minimum atomic E-state index is -0.400. The van der Waals surface area contributed by atoms with Gasteiger partial charge in [-0.1, -0.05) is 52.0 Å². The van der Waals surface area contributed by atoms with E-state index in [4.69, 9.17) is 9.72 Å². The highest BCUT2D eigenvalue weighted by Crippen LogP contribution is 2.39. The van der Waals surface area contributed by atoms with Gasteiger partial charge < -0.3 is 14.6 Å². The van der Waals surface area contributed by atoms with Gasteiger partial charge in [-0.05, 0) is 72.9 Å². The highest BCUT2D eigenvalue weighted by atomic mass is 19.1. The summed E-state index contributed by atoms with van der Waals surface area (Å²) < 4.78 is 20.5. The van der Waals surface area contributed by atoms with Crippen molar-refractivity contribution in [1.29, 1.82) is 0 Å². The fourth-order valence-electron chi connectivity index (χ4n) is 4.07. The maximum Gasteiger partial charge on any atom is 0.165 e. The number of pyridine rings is 1. The van der Waals surface area contributed by atoms with E-state index in [0.29, 0.717) is 12.3 Å². The Bertz CT molecular complexity index is 1300. The van der Waals surface area contributed by atoms with Gasteiger partial charge in [0.25, 0.3) is 0 Å². The fourth-order valence-corrected chi connectivity index (χ4v) is 4.07. The quantitative estimate of drug-likeness (QED) is 0.198. The normalized spacial score (nSPS) is 15.0. The van der Waals surface area contributed by atoms with Crippen LogP contribution in [-0.2, 0) is 17.8 Å². The van der Waals surface area contributed by atoms with Crippen molar-refractivity contribution in [3.63, 3.8) is 0 Å². The Hall–Kier alpha value is -3.99. The van der Waals surface area contributed by atoms with E-state index in [1.165, 1.54) is 6.07 Å². The molecule has 0 saturated heterocycles. The molecule has 2 unspecified atom stereocenters. The lowest BCUT2D eigenvalue weighted by molar-refractivity contribution is -0.109. The van der Waals surface area contributed by atoms with Crippen molar-refractivity contribution in [1.82, 2.24) is 4.98 Å². The summed E-state index contributed by atoms with van der Waals surface area (Å²) in [5.74, 6) is 0.448. The van der Waals surface area contributed by atoms with E-state index in [9.17, 15) is 14.3 Å². The third-order valence-corrected chi connectivity index (χ3v) is 5.99. The number of phenols is 1. The summed E-state index contributed by atoms with van der Waals surface area (Å²) in [7, 11) is 0. The molecule has 1 aromatic heterocycles. The number of carbonyl (C=O) groups excluding carboxylic acids is 1. The van der Waals surface area contributed by atoms with Crippen LogP contribution >= 0.6 is 0 Å². The number of rotatable bonds is 7. The van der Waals surface area contributed by atoms with Crippen molar-refractivity contribution in [3.05, 3.63) is 103 Å². The average Bonchev–Trinajstić information content (AvgIpc) is 3.74. The van der Waals surface area contributed by atoms with Gasteiger partial charge in [0.2, 0.25) is 0 Å². The SMILES string of the molecule is C=C.CC.CC.O=CC1CC1Cc1ccc(OCc2cc(-c3ccc(O)cc3)nc3ccccc23)c(F)c1. The van der Waals surface area contributed by atoms with Crippen LogP contribution in [0.25, 0.3) is 22.2 Å². The topological polar surface area (TPSA) is 59.4 Å². The van der Waals surface area contributed by atoms with Gasteiger partial charge in [0.05, 0.1) is 11.2 Å². The van der Waals surface area contributed by atoms with Crippen molar-refractivity contribution >= 4 is 17.2 Å². The van der Waals surface area contributed by atoms with Crippen LogP contribution in [0, 0.1) is 17.7 Å². The van der Waals surface area contributed by atoms with Gasteiger partial charge in [0, 0.05) is 22.4 Å². The second kappa shape index (κ2) is 15.3. The van der Waals surface area contributed by atoms with E-state index < -0.39 is 5.82 Å². The molecule has 5 rings (SSSR count). The van der Waals surface area contributed by atoms with Crippen LogP contribution in [0.5, 0.6) is 11.5 Å². The van der Waals surface area contributed by atoms with Crippen LogP contribution in [0.3, 0.4) is 0 Å². The largest absolute Gasteiger partial charge is 0.508 e. The van der Waals surface area contributed by atoms with Crippen molar-refractivity contribution in [2.45, 2.75) is 47.1 Å². The van der Waals surface area contributed by atoms with Crippen LogP contribution < -0.4 is 4.74 Å². The summed E-state index contributed by atoms with van der Waals surface area (Å²) in [5.41, 5.74) is 4.23. The van der Waals surface area contributed by atoms with Crippen LogP contribution in [-0.4, -0.2) is 16.4 Å². The monoisotopic (exact) mass is 515 g/mol. The summed E-state index contributed by atoms with van der Waals surface area (Å²) in [5, 5.41) is 10.5. The van der Waals surface area contributed by atoms with E-state index in [1.807, 2.05) is 76.2 Å². The molecule has 1 saturated carbocycles. The molecule has 1 aliphatic rings. The molecule has 0 bridgehead atoms. The zero-order valence-electron chi connectivity index (χ0n) is 22.8.